The molecule has 3 atom stereocenters. The molecule has 0 amide bonds. The Kier molecular flexibility index (Phi) is 3.29. The van der Waals surface area contributed by atoms with Crippen molar-refractivity contribution >= 4 is 5.97 Å². The maximum absolute atomic E-state index is 11.2. The SMILES string of the molecule is CCC(C(=O)O)C1C2CCCC1CNC2. The fourth-order valence-corrected chi connectivity index (χ4v) is 3.61. The van der Waals surface area contributed by atoms with Crippen LogP contribution in [0.1, 0.15) is 32.6 Å². The number of nitrogens with one attached hydrogen (secondary N) is 1. The smallest absolute Gasteiger partial charge is 0.306 e. The monoisotopic (exact) mass is 211 g/mol. The summed E-state index contributed by atoms with van der Waals surface area (Å²) in [6.45, 7) is 4.08. The van der Waals surface area contributed by atoms with Gasteiger partial charge in [-0.05, 0) is 50.1 Å². The van der Waals surface area contributed by atoms with Gasteiger partial charge in [-0.15, -0.1) is 0 Å². The summed E-state index contributed by atoms with van der Waals surface area (Å²) in [5.74, 6) is 0.961. The van der Waals surface area contributed by atoms with E-state index in [1.807, 2.05) is 6.92 Å². The Morgan fingerprint density at radius 2 is 2.00 bits per heavy atom. The zero-order chi connectivity index (χ0) is 10.8. The summed E-state index contributed by atoms with van der Waals surface area (Å²) in [4.78, 5) is 11.2. The first-order valence-corrected chi connectivity index (χ1v) is 6.17. The van der Waals surface area contributed by atoms with Crippen LogP contribution >= 0.6 is 0 Å². The highest BCUT2D eigenvalue weighted by Gasteiger charge is 2.42. The average molecular weight is 211 g/mol. The minimum Gasteiger partial charge on any atom is -0.481 e. The summed E-state index contributed by atoms with van der Waals surface area (Å²) < 4.78 is 0. The third-order valence-electron chi connectivity index (χ3n) is 4.27. The topological polar surface area (TPSA) is 49.3 Å². The Hall–Kier alpha value is -0.570. The van der Waals surface area contributed by atoms with Gasteiger partial charge < -0.3 is 10.4 Å². The van der Waals surface area contributed by atoms with E-state index in [2.05, 4.69) is 5.32 Å². The molecular formula is C12H21NO2. The number of rotatable bonds is 3. The average Bonchev–Trinajstić information content (AvgIpc) is 2.17. The van der Waals surface area contributed by atoms with Gasteiger partial charge in [0.2, 0.25) is 0 Å². The molecule has 1 saturated heterocycles. The second-order valence-electron chi connectivity index (χ2n) is 5.04. The lowest BCUT2D eigenvalue weighted by molar-refractivity contribution is -0.147. The Morgan fingerprint density at radius 3 is 2.47 bits per heavy atom. The van der Waals surface area contributed by atoms with Crippen molar-refractivity contribution in [1.82, 2.24) is 5.32 Å². The van der Waals surface area contributed by atoms with Crippen LogP contribution in [-0.2, 0) is 4.79 Å². The van der Waals surface area contributed by atoms with Crippen molar-refractivity contribution in [2.75, 3.05) is 13.1 Å². The zero-order valence-corrected chi connectivity index (χ0v) is 9.41. The van der Waals surface area contributed by atoms with E-state index in [1.54, 1.807) is 0 Å². The van der Waals surface area contributed by atoms with Crippen LogP contribution in [0, 0.1) is 23.7 Å². The van der Waals surface area contributed by atoms with Crippen LogP contribution in [0.25, 0.3) is 0 Å². The molecule has 15 heavy (non-hydrogen) atoms. The maximum atomic E-state index is 11.2. The van der Waals surface area contributed by atoms with Gasteiger partial charge in [-0.3, -0.25) is 4.79 Å². The zero-order valence-electron chi connectivity index (χ0n) is 9.41. The number of hydrogen-bond donors (Lipinski definition) is 2. The molecule has 2 bridgehead atoms. The van der Waals surface area contributed by atoms with Crippen molar-refractivity contribution < 1.29 is 9.90 Å². The normalized spacial score (nSPS) is 37.3. The van der Waals surface area contributed by atoms with Crippen molar-refractivity contribution in [2.45, 2.75) is 32.6 Å². The number of carbonyl (C=O) groups is 1. The molecule has 1 aliphatic heterocycles. The van der Waals surface area contributed by atoms with Gasteiger partial charge in [0.15, 0.2) is 0 Å². The second kappa shape index (κ2) is 4.52. The van der Waals surface area contributed by atoms with Gasteiger partial charge in [-0.2, -0.15) is 0 Å². The quantitative estimate of drug-likeness (QED) is 0.747. The molecule has 2 N–H and O–H groups in total. The summed E-state index contributed by atoms with van der Waals surface area (Å²) in [5.41, 5.74) is 0. The van der Waals surface area contributed by atoms with Gasteiger partial charge in [-0.1, -0.05) is 13.3 Å². The molecule has 1 heterocycles. The van der Waals surface area contributed by atoms with Crippen molar-refractivity contribution in [3.8, 4) is 0 Å². The van der Waals surface area contributed by atoms with Gasteiger partial charge in [0.25, 0.3) is 0 Å². The van der Waals surface area contributed by atoms with E-state index in [0.717, 1.165) is 19.5 Å². The van der Waals surface area contributed by atoms with Crippen LogP contribution in [0.15, 0.2) is 0 Å². The van der Waals surface area contributed by atoms with Crippen molar-refractivity contribution in [1.29, 1.82) is 0 Å². The highest BCUT2D eigenvalue weighted by molar-refractivity contribution is 5.70. The van der Waals surface area contributed by atoms with Gasteiger partial charge in [0.05, 0.1) is 5.92 Å². The largest absolute Gasteiger partial charge is 0.481 e. The molecule has 86 valence electrons. The molecule has 0 radical (unpaired) electrons. The molecule has 3 nitrogen and oxygen atoms in total. The van der Waals surface area contributed by atoms with Gasteiger partial charge in [0.1, 0.15) is 0 Å². The fourth-order valence-electron chi connectivity index (χ4n) is 3.61. The Balaban J connectivity index is 2.14. The van der Waals surface area contributed by atoms with E-state index in [0.29, 0.717) is 17.8 Å². The molecule has 3 unspecified atom stereocenters. The first kappa shape index (κ1) is 10.9. The number of piperidine rings is 1. The summed E-state index contributed by atoms with van der Waals surface area (Å²) in [6.07, 6.45) is 4.52. The molecule has 0 aromatic carbocycles. The molecular weight excluding hydrogens is 190 g/mol. The van der Waals surface area contributed by atoms with Gasteiger partial charge in [-0.25, -0.2) is 0 Å². The van der Waals surface area contributed by atoms with E-state index in [9.17, 15) is 9.90 Å². The van der Waals surface area contributed by atoms with Crippen LogP contribution in [0.2, 0.25) is 0 Å². The molecule has 1 saturated carbocycles. The van der Waals surface area contributed by atoms with Crippen molar-refractivity contribution in [3.63, 3.8) is 0 Å². The first-order valence-electron chi connectivity index (χ1n) is 6.17. The minimum absolute atomic E-state index is 0.109. The highest BCUT2D eigenvalue weighted by atomic mass is 16.4. The number of fused-ring (bicyclic) bond motifs is 2. The lowest BCUT2D eigenvalue weighted by atomic mass is 9.64. The number of hydrogen-bond acceptors (Lipinski definition) is 2. The van der Waals surface area contributed by atoms with E-state index < -0.39 is 5.97 Å². The van der Waals surface area contributed by atoms with Crippen molar-refractivity contribution in [2.24, 2.45) is 23.7 Å². The Morgan fingerprint density at radius 1 is 1.40 bits per heavy atom. The number of carboxylic acids is 1. The lowest BCUT2D eigenvalue weighted by Crippen LogP contribution is -2.50. The Bertz CT molecular complexity index is 220. The highest BCUT2D eigenvalue weighted by Crippen LogP contribution is 2.42. The molecule has 3 heteroatoms. The van der Waals surface area contributed by atoms with Crippen LogP contribution in [-0.4, -0.2) is 24.2 Å². The van der Waals surface area contributed by atoms with Gasteiger partial charge >= 0.3 is 5.97 Å². The van der Waals surface area contributed by atoms with Crippen LogP contribution < -0.4 is 5.32 Å². The molecule has 0 aromatic rings. The summed E-state index contributed by atoms with van der Waals surface area (Å²) in [7, 11) is 0. The van der Waals surface area contributed by atoms with Gasteiger partial charge in [0, 0.05) is 0 Å². The minimum atomic E-state index is -0.582. The predicted molar refractivity (Wildman–Crippen MR) is 58.6 cm³/mol. The predicted octanol–water partition coefficient (Wildman–Crippen LogP) is 1.73. The van der Waals surface area contributed by atoms with Crippen LogP contribution in [0.3, 0.4) is 0 Å². The van der Waals surface area contributed by atoms with E-state index in [1.165, 1.54) is 19.3 Å². The molecule has 2 aliphatic rings. The van der Waals surface area contributed by atoms with E-state index in [-0.39, 0.29) is 5.92 Å². The molecule has 0 aromatic heterocycles. The lowest BCUT2D eigenvalue weighted by Gasteiger charge is -2.45. The summed E-state index contributed by atoms with van der Waals surface area (Å²) >= 11 is 0. The van der Waals surface area contributed by atoms with Crippen molar-refractivity contribution in [3.05, 3.63) is 0 Å². The second-order valence-corrected chi connectivity index (χ2v) is 5.04. The third-order valence-corrected chi connectivity index (χ3v) is 4.27. The maximum Gasteiger partial charge on any atom is 0.306 e. The number of carboxylic acid groups (broad SMARTS) is 1. The molecule has 2 fully saturated rings. The molecule has 1 aliphatic carbocycles. The van der Waals surface area contributed by atoms with E-state index >= 15 is 0 Å². The van der Waals surface area contributed by atoms with Crippen LogP contribution in [0.4, 0.5) is 0 Å². The number of aliphatic carboxylic acids is 1. The molecule has 0 spiro atoms. The van der Waals surface area contributed by atoms with Crippen LogP contribution in [0.5, 0.6) is 0 Å². The Labute approximate surface area is 91.2 Å². The van der Waals surface area contributed by atoms with E-state index in [4.69, 9.17) is 0 Å². The third kappa shape index (κ3) is 2.03. The first-order chi connectivity index (χ1) is 7.24. The fraction of sp³-hybridized carbons (Fsp3) is 0.917. The summed E-state index contributed by atoms with van der Waals surface area (Å²) in [5, 5.41) is 12.7. The summed E-state index contributed by atoms with van der Waals surface area (Å²) in [6, 6.07) is 0. The molecule has 2 rings (SSSR count). The standard InChI is InChI=1S/C12H21NO2/c1-2-10(12(14)15)11-8-4-3-5-9(11)7-13-6-8/h8-11,13H,2-7H2,1H3,(H,14,15).